The fourth-order valence-electron chi connectivity index (χ4n) is 2.89. The maximum absolute atomic E-state index is 13.5. The molecule has 3 nitrogen and oxygen atoms in total. The predicted octanol–water partition coefficient (Wildman–Crippen LogP) is 2.91. The lowest BCUT2D eigenvalue weighted by molar-refractivity contribution is -0.151. The van der Waals surface area contributed by atoms with Gasteiger partial charge in [-0.2, -0.15) is 0 Å². The zero-order valence-corrected chi connectivity index (χ0v) is 12.2. The van der Waals surface area contributed by atoms with Gasteiger partial charge in [-0.3, -0.25) is 4.79 Å². The molecule has 0 bridgehead atoms. The second-order valence-electron chi connectivity index (χ2n) is 5.67. The van der Waals surface area contributed by atoms with E-state index in [0.717, 1.165) is 25.3 Å². The van der Waals surface area contributed by atoms with Gasteiger partial charge >= 0.3 is 5.97 Å². The van der Waals surface area contributed by atoms with Crippen LogP contribution in [0.5, 0.6) is 0 Å². The maximum atomic E-state index is 13.5. The molecule has 0 amide bonds. The third kappa shape index (κ3) is 3.23. The van der Waals surface area contributed by atoms with Crippen LogP contribution in [0.3, 0.4) is 0 Å². The van der Waals surface area contributed by atoms with Crippen LogP contribution in [0.1, 0.15) is 38.2 Å². The van der Waals surface area contributed by atoms with Crippen LogP contribution in [-0.4, -0.2) is 19.1 Å². The number of hydrogen-bond acceptors (Lipinski definition) is 3. The van der Waals surface area contributed by atoms with E-state index in [1.54, 1.807) is 6.92 Å². The van der Waals surface area contributed by atoms with Crippen LogP contribution in [0.2, 0.25) is 0 Å². The number of esters is 1. The number of carbonyl (C=O) groups excluding carboxylic acids is 1. The van der Waals surface area contributed by atoms with E-state index in [9.17, 15) is 13.6 Å². The van der Waals surface area contributed by atoms with Crippen LogP contribution >= 0.6 is 0 Å². The molecule has 5 heteroatoms. The van der Waals surface area contributed by atoms with E-state index >= 15 is 0 Å². The van der Waals surface area contributed by atoms with Crippen molar-refractivity contribution in [3.63, 3.8) is 0 Å². The molecule has 2 rings (SSSR count). The number of benzene rings is 1. The highest BCUT2D eigenvalue weighted by molar-refractivity contribution is 5.83. The minimum atomic E-state index is -1.16. The quantitative estimate of drug-likeness (QED) is 0.821. The van der Waals surface area contributed by atoms with Crippen molar-refractivity contribution in [3.8, 4) is 0 Å². The molecule has 1 aromatic carbocycles. The Morgan fingerprint density at radius 2 is 1.95 bits per heavy atom. The fourth-order valence-corrected chi connectivity index (χ4v) is 2.89. The fraction of sp³-hybridized carbons (Fsp3) is 0.562. The van der Waals surface area contributed by atoms with Gasteiger partial charge in [0.2, 0.25) is 0 Å². The Balaban J connectivity index is 2.42. The van der Waals surface area contributed by atoms with Crippen LogP contribution in [-0.2, 0) is 14.9 Å². The molecule has 1 aliphatic carbocycles. The standard InChI is InChI=1S/C16H21F2NO2/c1-2-21-15(20)16(10-19,9-11-4-3-5-11)12-6-13(17)8-14(18)7-12/h6-8,11H,2-5,9-10,19H2,1H3. The van der Waals surface area contributed by atoms with Gasteiger partial charge in [0, 0.05) is 12.6 Å². The van der Waals surface area contributed by atoms with Gasteiger partial charge in [0.15, 0.2) is 0 Å². The lowest BCUT2D eigenvalue weighted by Gasteiger charge is -2.37. The number of rotatable bonds is 6. The molecule has 0 aromatic heterocycles. The normalized spacial score (nSPS) is 17.9. The van der Waals surface area contributed by atoms with Crippen molar-refractivity contribution in [1.29, 1.82) is 0 Å². The van der Waals surface area contributed by atoms with Gasteiger partial charge in [0.05, 0.1) is 6.61 Å². The Morgan fingerprint density at radius 3 is 2.38 bits per heavy atom. The molecule has 0 saturated heterocycles. The molecule has 0 radical (unpaired) electrons. The summed E-state index contributed by atoms with van der Waals surface area (Å²) in [5.41, 5.74) is 4.96. The van der Waals surface area contributed by atoms with Gasteiger partial charge in [-0.05, 0) is 37.0 Å². The number of nitrogens with two attached hydrogens (primary N) is 1. The maximum Gasteiger partial charge on any atom is 0.317 e. The second-order valence-corrected chi connectivity index (χ2v) is 5.67. The highest BCUT2D eigenvalue weighted by Gasteiger charge is 2.44. The van der Waals surface area contributed by atoms with Gasteiger partial charge in [-0.25, -0.2) is 8.78 Å². The van der Waals surface area contributed by atoms with Gasteiger partial charge in [0.25, 0.3) is 0 Å². The first-order valence-corrected chi connectivity index (χ1v) is 7.35. The van der Waals surface area contributed by atoms with Crippen LogP contribution in [0.4, 0.5) is 8.78 Å². The Kier molecular flexibility index (Phi) is 4.93. The lowest BCUT2D eigenvalue weighted by Crippen LogP contribution is -2.46. The largest absolute Gasteiger partial charge is 0.465 e. The minimum absolute atomic E-state index is 0.0226. The van der Waals surface area contributed by atoms with Gasteiger partial charge in [0.1, 0.15) is 17.0 Å². The molecular weight excluding hydrogens is 276 g/mol. The summed E-state index contributed by atoms with van der Waals surface area (Å²) in [7, 11) is 0. The van der Waals surface area contributed by atoms with Crippen LogP contribution in [0.25, 0.3) is 0 Å². The summed E-state index contributed by atoms with van der Waals surface area (Å²) in [6.07, 6.45) is 3.62. The molecule has 1 atom stereocenters. The minimum Gasteiger partial charge on any atom is -0.465 e. The molecule has 116 valence electrons. The molecule has 21 heavy (non-hydrogen) atoms. The van der Waals surface area contributed by atoms with E-state index in [1.165, 1.54) is 12.1 Å². The van der Waals surface area contributed by atoms with Crippen molar-refractivity contribution in [3.05, 3.63) is 35.4 Å². The SMILES string of the molecule is CCOC(=O)C(CN)(CC1CCC1)c1cc(F)cc(F)c1. The Labute approximate surface area is 123 Å². The molecule has 1 saturated carbocycles. The number of hydrogen-bond donors (Lipinski definition) is 1. The van der Waals surface area contributed by atoms with Gasteiger partial charge in [-0.15, -0.1) is 0 Å². The highest BCUT2D eigenvalue weighted by atomic mass is 19.1. The molecule has 0 aliphatic heterocycles. The first kappa shape index (κ1) is 15.9. The Hall–Kier alpha value is -1.49. The highest BCUT2D eigenvalue weighted by Crippen LogP contribution is 2.40. The second kappa shape index (κ2) is 6.52. The molecule has 1 unspecified atom stereocenters. The summed E-state index contributed by atoms with van der Waals surface area (Å²) in [5, 5.41) is 0. The number of halogens is 2. The molecule has 1 aliphatic rings. The number of ether oxygens (including phenoxy) is 1. The Bertz CT molecular complexity index is 497. The zero-order valence-electron chi connectivity index (χ0n) is 12.2. The van der Waals surface area contributed by atoms with Crippen LogP contribution in [0.15, 0.2) is 18.2 Å². The zero-order chi connectivity index (χ0) is 15.5. The summed E-state index contributed by atoms with van der Waals surface area (Å²) >= 11 is 0. The van der Waals surface area contributed by atoms with Crippen molar-refractivity contribution in [2.45, 2.75) is 38.0 Å². The third-order valence-electron chi connectivity index (χ3n) is 4.29. The van der Waals surface area contributed by atoms with Crippen molar-refractivity contribution < 1.29 is 18.3 Å². The number of carbonyl (C=O) groups is 1. The lowest BCUT2D eigenvalue weighted by atomic mass is 9.68. The van der Waals surface area contributed by atoms with Gasteiger partial charge < -0.3 is 10.5 Å². The summed E-state index contributed by atoms with van der Waals surface area (Å²) in [6, 6.07) is 3.16. The predicted molar refractivity (Wildman–Crippen MR) is 75.7 cm³/mol. The smallest absolute Gasteiger partial charge is 0.317 e. The van der Waals surface area contributed by atoms with Crippen LogP contribution < -0.4 is 5.73 Å². The average Bonchev–Trinajstić information content (AvgIpc) is 2.37. The van der Waals surface area contributed by atoms with Crippen molar-refractivity contribution in [2.24, 2.45) is 11.7 Å². The van der Waals surface area contributed by atoms with E-state index in [4.69, 9.17) is 10.5 Å². The third-order valence-corrected chi connectivity index (χ3v) is 4.29. The van der Waals surface area contributed by atoms with Crippen molar-refractivity contribution in [2.75, 3.05) is 13.2 Å². The molecule has 1 fully saturated rings. The summed E-state index contributed by atoms with van der Waals surface area (Å²) in [4.78, 5) is 12.4. The summed E-state index contributed by atoms with van der Waals surface area (Å²) in [5.74, 6) is -1.56. The first-order chi connectivity index (χ1) is 10.0. The summed E-state index contributed by atoms with van der Waals surface area (Å²) < 4.78 is 32.2. The van der Waals surface area contributed by atoms with Gasteiger partial charge in [-0.1, -0.05) is 19.3 Å². The molecular formula is C16H21F2NO2. The van der Waals surface area contributed by atoms with E-state index in [0.29, 0.717) is 12.3 Å². The van der Waals surface area contributed by atoms with Crippen molar-refractivity contribution in [1.82, 2.24) is 0 Å². The monoisotopic (exact) mass is 297 g/mol. The van der Waals surface area contributed by atoms with E-state index < -0.39 is 23.0 Å². The van der Waals surface area contributed by atoms with E-state index in [2.05, 4.69) is 0 Å². The van der Waals surface area contributed by atoms with Crippen LogP contribution in [0, 0.1) is 17.6 Å². The van der Waals surface area contributed by atoms with Crippen molar-refractivity contribution >= 4 is 5.97 Å². The topological polar surface area (TPSA) is 52.3 Å². The molecule has 0 spiro atoms. The molecule has 2 N–H and O–H groups in total. The first-order valence-electron chi connectivity index (χ1n) is 7.35. The molecule has 0 heterocycles. The Morgan fingerprint density at radius 1 is 1.33 bits per heavy atom. The summed E-state index contributed by atoms with van der Waals surface area (Å²) in [6.45, 7) is 1.89. The molecule has 1 aromatic rings. The van der Waals surface area contributed by atoms with E-state index in [1.807, 2.05) is 0 Å². The van der Waals surface area contributed by atoms with E-state index in [-0.39, 0.29) is 18.7 Å². The average molecular weight is 297 g/mol.